The highest BCUT2D eigenvalue weighted by molar-refractivity contribution is 5.84. The maximum absolute atomic E-state index is 11.6. The Hall–Kier alpha value is -1.71. The Labute approximate surface area is 96.2 Å². The Morgan fingerprint density at radius 2 is 2.25 bits per heavy atom. The number of carbonyl (C=O) groups excluding carboxylic acids is 1. The van der Waals surface area contributed by atoms with E-state index in [1.165, 1.54) is 0 Å². The molecule has 1 unspecified atom stereocenters. The summed E-state index contributed by atoms with van der Waals surface area (Å²) in [6.45, 7) is 4.56. The van der Waals surface area contributed by atoms with Crippen molar-refractivity contribution in [3.63, 3.8) is 0 Å². The normalized spacial score (nSPS) is 11.9. The molecule has 88 valence electrons. The van der Waals surface area contributed by atoms with Crippen LogP contribution in [0.15, 0.2) is 24.3 Å². The first-order chi connectivity index (χ1) is 7.63. The van der Waals surface area contributed by atoms with E-state index in [4.69, 9.17) is 5.73 Å². The zero-order chi connectivity index (χ0) is 12.0. The molecule has 16 heavy (non-hydrogen) atoms. The van der Waals surface area contributed by atoms with Crippen LogP contribution in [0.4, 0.5) is 11.4 Å². The molecule has 0 aromatic heterocycles. The van der Waals surface area contributed by atoms with E-state index >= 15 is 0 Å². The molecule has 0 saturated heterocycles. The number of amides is 1. The van der Waals surface area contributed by atoms with Crippen LogP contribution in [0, 0.1) is 0 Å². The molecule has 0 radical (unpaired) electrons. The van der Waals surface area contributed by atoms with Gasteiger partial charge in [-0.05, 0) is 31.5 Å². The minimum absolute atomic E-state index is 0.00396. The van der Waals surface area contributed by atoms with Crippen LogP contribution < -0.4 is 16.4 Å². The second kappa shape index (κ2) is 6.00. The molecule has 1 amide bonds. The lowest BCUT2D eigenvalue weighted by Crippen LogP contribution is -2.37. The van der Waals surface area contributed by atoms with Crippen LogP contribution in [-0.2, 0) is 4.79 Å². The number of rotatable bonds is 5. The molecule has 0 aliphatic rings. The third-order valence-electron chi connectivity index (χ3n) is 2.21. The summed E-state index contributed by atoms with van der Waals surface area (Å²) in [5, 5.41) is 5.93. The molecule has 0 spiro atoms. The SMILES string of the molecule is CCCNC(=O)C(C)Nc1cccc(N)c1. The number of hydrogen-bond donors (Lipinski definition) is 3. The van der Waals surface area contributed by atoms with Crippen LogP contribution in [-0.4, -0.2) is 18.5 Å². The van der Waals surface area contributed by atoms with Crippen LogP contribution in [0.25, 0.3) is 0 Å². The van der Waals surface area contributed by atoms with E-state index in [0.717, 1.165) is 12.1 Å². The lowest BCUT2D eigenvalue weighted by atomic mass is 10.2. The summed E-state index contributed by atoms with van der Waals surface area (Å²) in [5.74, 6) is 0.00396. The van der Waals surface area contributed by atoms with Gasteiger partial charge in [-0.15, -0.1) is 0 Å². The molecular formula is C12H19N3O. The molecule has 0 aliphatic heterocycles. The Morgan fingerprint density at radius 1 is 1.50 bits per heavy atom. The smallest absolute Gasteiger partial charge is 0.242 e. The summed E-state index contributed by atoms with van der Waals surface area (Å²) in [5.41, 5.74) is 7.20. The minimum atomic E-state index is -0.256. The zero-order valence-electron chi connectivity index (χ0n) is 9.79. The second-order valence-electron chi connectivity index (χ2n) is 3.78. The average molecular weight is 221 g/mol. The highest BCUT2D eigenvalue weighted by Crippen LogP contribution is 2.12. The molecule has 0 bridgehead atoms. The van der Waals surface area contributed by atoms with E-state index in [1.807, 2.05) is 38.1 Å². The fourth-order valence-corrected chi connectivity index (χ4v) is 1.35. The first-order valence-electron chi connectivity index (χ1n) is 5.53. The molecule has 1 atom stereocenters. The number of nitrogens with two attached hydrogens (primary N) is 1. The van der Waals surface area contributed by atoms with Crippen molar-refractivity contribution in [1.82, 2.24) is 5.32 Å². The summed E-state index contributed by atoms with van der Waals surface area (Å²) in [6, 6.07) is 7.11. The van der Waals surface area contributed by atoms with Gasteiger partial charge in [0.2, 0.25) is 5.91 Å². The van der Waals surface area contributed by atoms with Crippen molar-refractivity contribution >= 4 is 17.3 Å². The van der Waals surface area contributed by atoms with Crippen LogP contribution in [0.5, 0.6) is 0 Å². The second-order valence-corrected chi connectivity index (χ2v) is 3.78. The van der Waals surface area contributed by atoms with Gasteiger partial charge in [-0.2, -0.15) is 0 Å². The highest BCUT2D eigenvalue weighted by Gasteiger charge is 2.11. The first kappa shape index (κ1) is 12.4. The van der Waals surface area contributed by atoms with Gasteiger partial charge in [0.1, 0.15) is 6.04 Å². The van der Waals surface area contributed by atoms with Crippen molar-refractivity contribution in [2.24, 2.45) is 0 Å². The maximum atomic E-state index is 11.6. The molecule has 0 heterocycles. The summed E-state index contributed by atoms with van der Waals surface area (Å²) in [7, 11) is 0. The molecule has 4 nitrogen and oxygen atoms in total. The van der Waals surface area contributed by atoms with Gasteiger partial charge in [-0.3, -0.25) is 4.79 Å². The minimum Gasteiger partial charge on any atom is -0.399 e. The number of nitrogen functional groups attached to an aromatic ring is 1. The molecule has 0 saturated carbocycles. The molecule has 4 heteroatoms. The lowest BCUT2D eigenvalue weighted by molar-refractivity contribution is -0.121. The Bertz CT molecular complexity index is 352. The number of benzene rings is 1. The van der Waals surface area contributed by atoms with Gasteiger partial charge in [0.05, 0.1) is 0 Å². The van der Waals surface area contributed by atoms with Crippen LogP contribution >= 0.6 is 0 Å². The van der Waals surface area contributed by atoms with Gasteiger partial charge in [0, 0.05) is 17.9 Å². The number of anilines is 2. The summed E-state index contributed by atoms with van der Waals surface area (Å²) >= 11 is 0. The fraction of sp³-hybridized carbons (Fsp3) is 0.417. The van der Waals surface area contributed by atoms with Crippen molar-refractivity contribution in [2.45, 2.75) is 26.3 Å². The molecule has 1 aromatic rings. The van der Waals surface area contributed by atoms with Crippen molar-refractivity contribution in [1.29, 1.82) is 0 Å². The third kappa shape index (κ3) is 3.81. The van der Waals surface area contributed by atoms with Crippen LogP contribution in [0.1, 0.15) is 20.3 Å². The van der Waals surface area contributed by atoms with Crippen LogP contribution in [0.3, 0.4) is 0 Å². The predicted octanol–water partition coefficient (Wildman–Crippen LogP) is 1.60. The number of carbonyl (C=O) groups is 1. The molecule has 4 N–H and O–H groups in total. The van der Waals surface area contributed by atoms with E-state index in [2.05, 4.69) is 10.6 Å². The van der Waals surface area contributed by atoms with Gasteiger partial charge < -0.3 is 16.4 Å². The molecule has 0 fully saturated rings. The monoisotopic (exact) mass is 221 g/mol. The zero-order valence-corrected chi connectivity index (χ0v) is 9.79. The van der Waals surface area contributed by atoms with E-state index in [1.54, 1.807) is 0 Å². The topological polar surface area (TPSA) is 67.2 Å². The Morgan fingerprint density at radius 3 is 2.88 bits per heavy atom. The third-order valence-corrected chi connectivity index (χ3v) is 2.21. The number of nitrogens with one attached hydrogen (secondary N) is 2. The largest absolute Gasteiger partial charge is 0.399 e. The van der Waals surface area contributed by atoms with Crippen molar-refractivity contribution in [2.75, 3.05) is 17.6 Å². The predicted molar refractivity (Wildman–Crippen MR) is 67.2 cm³/mol. The molecular weight excluding hydrogens is 202 g/mol. The Kier molecular flexibility index (Phi) is 4.64. The van der Waals surface area contributed by atoms with Gasteiger partial charge >= 0.3 is 0 Å². The summed E-state index contributed by atoms with van der Waals surface area (Å²) < 4.78 is 0. The van der Waals surface area contributed by atoms with Crippen molar-refractivity contribution in [3.8, 4) is 0 Å². The van der Waals surface area contributed by atoms with Gasteiger partial charge in [-0.1, -0.05) is 13.0 Å². The maximum Gasteiger partial charge on any atom is 0.242 e. The lowest BCUT2D eigenvalue weighted by Gasteiger charge is -2.15. The summed E-state index contributed by atoms with van der Waals surface area (Å²) in [4.78, 5) is 11.6. The standard InChI is InChI=1S/C12H19N3O/c1-3-7-14-12(16)9(2)15-11-6-4-5-10(13)8-11/h4-6,8-9,15H,3,7,13H2,1-2H3,(H,14,16). The molecule has 1 rings (SSSR count). The van der Waals surface area contributed by atoms with E-state index in [9.17, 15) is 4.79 Å². The van der Waals surface area contributed by atoms with Crippen molar-refractivity contribution < 1.29 is 4.79 Å². The first-order valence-corrected chi connectivity index (χ1v) is 5.53. The van der Waals surface area contributed by atoms with Gasteiger partial charge in [-0.25, -0.2) is 0 Å². The number of hydrogen-bond acceptors (Lipinski definition) is 3. The quantitative estimate of drug-likeness (QED) is 0.661. The van der Waals surface area contributed by atoms with Gasteiger partial charge in [0.15, 0.2) is 0 Å². The van der Waals surface area contributed by atoms with E-state index in [0.29, 0.717) is 12.2 Å². The molecule has 0 aliphatic carbocycles. The highest BCUT2D eigenvalue weighted by atomic mass is 16.2. The summed E-state index contributed by atoms with van der Waals surface area (Å²) in [6.07, 6.45) is 0.941. The van der Waals surface area contributed by atoms with Crippen molar-refractivity contribution in [3.05, 3.63) is 24.3 Å². The fourth-order valence-electron chi connectivity index (χ4n) is 1.35. The van der Waals surface area contributed by atoms with Gasteiger partial charge in [0.25, 0.3) is 0 Å². The Balaban J connectivity index is 2.50. The van der Waals surface area contributed by atoms with E-state index < -0.39 is 0 Å². The van der Waals surface area contributed by atoms with Crippen LogP contribution in [0.2, 0.25) is 0 Å². The molecule has 1 aromatic carbocycles. The average Bonchev–Trinajstić information content (AvgIpc) is 2.25. The van der Waals surface area contributed by atoms with E-state index in [-0.39, 0.29) is 11.9 Å².